The molecule has 1 N–H and O–H groups in total. The van der Waals surface area contributed by atoms with Crippen molar-refractivity contribution in [3.05, 3.63) is 168 Å². The molecule has 0 saturated carbocycles. The van der Waals surface area contributed by atoms with Crippen molar-refractivity contribution in [1.29, 1.82) is 0 Å². The number of amides is 1. The summed E-state index contributed by atoms with van der Waals surface area (Å²) in [5.74, 6) is 0.734. The predicted molar refractivity (Wildman–Crippen MR) is 199 cm³/mol. The first kappa shape index (κ1) is 36.4. The molecular formula is C42H51NO2S. The lowest BCUT2D eigenvalue weighted by Gasteiger charge is -2.35. The summed E-state index contributed by atoms with van der Waals surface area (Å²) in [4.78, 5) is 12.4. The zero-order valence-electron chi connectivity index (χ0n) is 27.4. The molecule has 0 radical (unpaired) electrons. The molecule has 0 saturated heterocycles. The second kappa shape index (κ2) is 23.3. The summed E-state index contributed by atoms with van der Waals surface area (Å²) in [5.41, 5.74) is 3.65. The van der Waals surface area contributed by atoms with Gasteiger partial charge < -0.3 is 10.1 Å². The number of benzene rings is 3. The minimum absolute atomic E-state index is 0.347. The molecule has 3 aromatic carbocycles. The summed E-state index contributed by atoms with van der Waals surface area (Å²) in [6.45, 7) is 3.12. The SMILES string of the molecule is CCC=CCC=CCC=CCC=CCC=CCCCCOC(=O)NCCSC(c1ccccc1)(c1ccccc1)c1ccccc1. The van der Waals surface area contributed by atoms with Crippen LogP contribution in [0.1, 0.15) is 75.0 Å². The average molecular weight is 634 g/mol. The van der Waals surface area contributed by atoms with Gasteiger partial charge in [-0.25, -0.2) is 4.79 Å². The Labute approximate surface area is 282 Å². The molecule has 0 unspecified atom stereocenters. The highest BCUT2D eigenvalue weighted by molar-refractivity contribution is 8.00. The van der Waals surface area contributed by atoms with Crippen LogP contribution in [0.3, 0.4) is 0 Å². The molecule has 1 amide bonds. The lowest BCUT2D eigenvalue weighted by atomic mass is 9.84. The Bertz CT molecular complexity index is 1260. The number of alkyl carbamates (subject to hydrolysis) is 1. The number of hydrogen-bond donors (Lipinski definition) is 1. The van der Waals surface area contributed by atoms with Crippen molar-refractivity contribution in [2.45, 2.75) is 63.0 Å². The molecule has 0 heterocycles. The number of carbonyl (C=O) groups excluding carboxylic acids is 1. The Hall–Kier alpha value is -4.02. The first-order chi connectivity index (χ1) is 22.8. The number of thioether (sulfide) groups is 1. The fraction of sp³-hybridized carbons (Fsp3) is 0.310. The van der Waals surface area contributed by atoms with E-state index in [-0.39, 0.29) is 6.09 Å². The van der Waals surface area contributed by atoms with Crippen LogP contribution in [0.4, 0.5) is 4.79 Å². The van der Waals surface area contributed by atoms with E-state index < -0.39 is 4.75 Å². The van der Waals surface area contributed by atoms with Crippen molar-refractivity contribution in [3.8, 4) is 0 Å². The van der Waals surface area contributed by atoms with Crippen molar-refractivity contribution < 1.29 is 9.53 Å². The predicted octanol–water partition coefficient (Wildman–Crippen LogP) is 11.4. The summed E-state index contributed by atoms with van der Waals surface area (Å²) >= 11 is 1.83. The van der Waals surface area contributed by atoms with Gasteiger partial charge in [0.25, 0.3) is 0 Å². The molecule has 0 aromatic heterocycles. The molecule has 0 aliphatic carbocycles. The van der Waals surface area contributed by atoms with Crippen LogP contribution in [0, 0.1) is 0 Å². The van der Waals surface area contributed by atoms with Crippen LogP contribution in [-0.2, 0) is 9.48 Å². The lowest BCUT2D eigenvalue weighted by molar-refractivity contribution is 0.145. The van der Waals surface area contributed by atoms with Crippen LogP contribution in [0.25, 0.3) is 0 Å². The topological polar surface area (TPSA) is 38.3 Å². The van der Waals surface area contributed by atoms with Crippen molar-refractivity contribution >= 4 is 17.9 Å². The number of nitrogens with one attached hydrogen (secondary N) is 1. The molecule has 0 aliphatic rings. The molecule has 3 rings (SSSR count). The van der Waals surface area contributed by atoms with E-state index in [0.29, 0.717) is 13.2 Å². The van der Waals surface area contributed by atoms with Gasteiger partial charge in [-0.05, 0) is 68.1 Å². The van der Waals surface area contributed by atoms with Crippen LogP contribution in [-0.4, -0.2) is 25.0 Å². The van der Waals surface area contributed by atoms with E-state index in [4.69, 9.17) is 4.74 Å². The van der Waals surface area contributed by atoms with Gasteiger partial charge in [-0.3, -0.25) is 0 Å². The maximum atomic E-state index is 12.4. The first-order valence-corrected chi connectivity index (χ1v) is 17.7. The van der Waals surface area contributed by atoms with E-state index in [9.17, 15) is 4.79 Å². The summed E-state index contributed by atoms with van der Waals surface area (Å²) in [7, 11) is 0. The van der Waals surface area contributed by atoms with Gasteiger partial charge in [0.05, 0.1) is 11.4 Å². The third-order valence-corrected chi connectivity index (χ3v) is 8.94. The van der Waals surface area contributed by atoms with Gasteiger partial charge >= 0.3 is 6.09 Å². The van der Waals surface area contributed by atoms with E-state index >= 15 is 0 Å². The fourth-order valence-electron chi connectivity index (χ4n) is 5.07. The van der Waals surface area contributed by atoms with Gasteiger partial charge in [0.2, 0.25) is 0 Å². The van der Waals surface area contributed by atoms with E-state index in [1.807, 2.05) is 11.8 Å². The highest BCUT2D eigenvalue weighted by Gasteiger charge is 2.36. The number of ether oxygens (including phenoxy) is 1. The first-order valence-electron chi connectivity index (χ1n) is 16.7. The largest absolute Gasteiger partial charge is 0.450 e. The van der Waals surface area contributed by atoms with Gasteiger partial charge in [-0.1, -0.05) is 159 Å². The van der Waals surface area contributed by atoms with Crippen LogP contribution >= 0.6 is 11.8 Å². The second-order valence-electron chi connectivity index (χ2n) is 10.9. The molecule has 46 heavy (non-hydrogen) atoms. The standard InChI is InChI=1S/C42H51NO2S/c1-2-3-4-5-6-7-8-9-10-11-12-13-14-15-16-17-18-28-36-45-41(44)43-35-37-46-42(38-29-22-19-23-30-38,39-31-24-20-25-32-39)40-33-26-21-27-34-40/h3-4,6-7,9-10,12-13,15-16,19-27,29-34H,2,5,8,11,14,17-18,28,35-37H2,1H3,(H,43,44). The van der Waals surface area contributed by atoms with E-state index in [2.05, 4.69) is 164 Å². The molecule has 242 valence electrons. The number of unbranched alkanes of at least 4 members (excludes halogenated alkanes) is 2. The molecular weight excluding hydrogens is 583 g/mol. The van der Waals surface area contributed by atoms with Gasteiger partial charge in [0.1, 0.15) is 0 Å². The molecule has 3 aromatic rings. The number of rotatable bonds is 21. The van der Waals surface area contributed by atoms with Gasteiger partial charge in [-0.15, -0.1) is 11.8 Å². The average Bonchev–Trinajstić information content (AvgIpc) is 3.10. The Morgan fingerprint density at radius 2 is 1.07 bits per heavy atom. The Morgan fingerprint density at radius 3 is 1.52 bits per heavy atom. The van der Waals surface area contributed by atoms with Gasteiger partial charge in [0.15, 0.2) is 0 Å². The molecule has 4 heteroatoms. The maximum absolute atomic E-state index is 12.4. The van der Waals surface area contributed by atoms with Crippen LogP contribution < -0.4 is 5.32 Å². The van der Waals surface area contributed by atoms with E-state index in [0.717, 1.165) is 57.1 Å². The summed E-state index contributed by atoms with van der Waals surface area (Å²) in [6, 6.07) is 31.8. The smallest absolute Gasteiger partial charge is 0.407 e. The van der Waals surface area contributed by atoms with E-state index in [1.54, 1.807) is 0 Å². The number of hydrogen-bond acceptors (Lipinski definition) is 3. The Morgan fingerprint density at radius 1 is 0.630 bits per heavy atom. The molecule has 0 atom stereocenters. The monoisotopic (exact) mass is 633 g/mol. The minimum atomic E-state index is -0.390. The van der Waals surface area contributed by atoms with Crippen LogP contribution in [0.5, 0.6) is 0 Å². The lowest BCUT2D eigenvalue weighted by Crippen LogP contribution is -2.30. The van der Waals surface area contributed by atoms with Crippen molar-refractivity contribution in [2.24, 2.45) is 0 Å². The number of carbonyl (C=O) groups is 1. The quantitative estimate of drug-likeness (QED) is 0.0720. The molecule has 0 fully saturated rings. The fourth-order valence-corrected chi connectivity index (χ4v) is 6.49. The third kappa shape index (κ3) is 13.5. The maximum Gasteiger partial charge on any atom is 0.407 e. The summed E-state index contributed by atoms with van der Waals surface area (Å²) < 4.78 is 5.06. The van der Waals surface area contributed by atoms with Gasteiger partial charge in [-0.2, -0.15) is 0 Å². The van der Waals surface area contributed by atoms with Crippen LogP contribution in [0.2, 0.25) is 0 Å². The molecule has 3 nitrogen and oxygen atoms in total. The number of allylic oxidation sites excluding steroid dienone is 10. The molecule has 0 bridgehead atoms. The van der Waals surface area contributed by atoms with Gasteiger partial charge in [0, 0.05) is 12.3 Å². The van der Waals surface area contributed by atoms with Crippen LogP contribution in [0.15, 0.2) is 152 Å². The normalized spacial score (nSPS) is 12.3. The summed E-state index contributed by atoms with van der Waals surface area (Å²) in [6.07, 6.45) is 29.7. The highest BCUT2D eigenvalue weighted by Crippen LogP contribution is 2.48. The zero-order chi connectivity index (χ0) is 32.4. The zero-order valence-corrected chi connectivity index (χ0v) is 28.3. The molecule has 0 spiro atoms. The second-order valence-corrected chi connectivity index (χ2v) is 12.2. The highest BCUT2D eigenvalue weighted by atomic mass is 32.2. The minimum Gasteiger partial charge on any atom is -0.450 e. The van der Waals surface area contributed by atoms with Crippen molar-refractivity contribution in [2.75, 3.05) is 18.9 Å². The van der Waals surface area contributed by atoms with E-state index in [1.165, 1.54) is 16.7 Å². The van der Waals surface area contributed by atoms with Crippen molar-refractivity contribution in [3.63, 3.8) is 0 Å². The Kier molecular flexibility index (Phi) is 18.5. The Balaban J connectivity index is 1.31. The summed E-state index contributed by atoms with van der Waals surface area (Å²) in [5, 5.41) is 2.95. The van der Waals surface area contributed by atoms with Crippen molar-refractivity contribution in [1.82, 2.24) is 5.32 Å². The molecule has 0 aliphatic heterocycles. The third-order valence-electron chi connectivity index (χ3n) is 7.39.